The molecule has 3 heterocycles. The second-order valence-electron chi connectivity index (χ2n) is 5.51. The lowest BCUT2D eigenvalue weighted by Gasteiger charge is -2.22. The number of furan rings is 1. The minimum atomic E-state index is -4.39. The summed E-state index contributed by atoms with van der Waals surface area (Å²) in [6.07, 6.45) is -1.40. The molecule has 2 aromatic rings. The van der Waals surface area contributed by atoms with Gasteiger partial charge in [-0.3, -0.25) is 4.79 Å². The van der Waals surface area contributed by atoms with Crippen LogP contribution < -0.4 is 4.90 Å². The number of carbonyl (C=O) groups excluding carboxylic acids is 1. The van der Waals surface area contributed by atoms with E-state index in [2.05, 4.69) is 4.98 Å². The third-order valence-electron chi connectivity index (χ3n) is 3.91. The minimum Gasteiger partial charge on any atom is -0.459 e. The maximum atomic E-state index is 12.6. The van der Waals surface area contributed by atoms with Crippen molar-refractivity contribution in [3.05, 3.63) is 48.0 Å². The molecule has 0 bridgehead atoms. The summed E-state index contributed by atoms with van der Waals surface area (Å²) >= 11 is 0. The summed E-state index contributed by atoms with van der Waals surface area (Å²) in [5.41, 5.74) is -0.768. The summed E-state index contributed by atoms with van der Waals surface area (Å²) in [5, 5.41) is 0. The molecule has 0 radical (unpaired) electrons. The Balaban J connectivity index is 1.66. The van der Waals surface area contributed by atoms with Crippen LogP contribution in [0.4, 0.5) is 19.0 Å². The topological polar surface area (TPSA) is 49.6 Å². The molecule has 128 valence electrons. The van der Waals surface area contributed by atoms with Crippen molar-refractivity contribution in [2.75, 3.05) is 31.1 Å². The first-order valence-electron chi connectivity index (χ1n) is 7.56. The molecule has 0 saturated carbocycles. The summed E-state index contributed by atoms with van der Waals surface area (Å²) in [4.78, 5) is 19.8. The van der Waals surface area contributed by atoms with Gasteiger partial charge in [-0.15, -0.1) is 0 Å². The highest BCUT2D eigenvalue weighted by Crippen LogP contribution is 2.29. The van der Waals surface area contributed by atoms with E-state index in [1.165, 1.54) is 12.3 Å². The van der Waals surface area contributed by atoms with Gasteiger partial charge in [0.05, 0.1) is 11.8 Å². The Bertz CT molecular complexity index is 684. The first kappa shape index (κ1) is 16.4. The van der Waals surface area contributed by atoms with Crippen LogP contribution in [0.25, 0.3) is 0 Å². The van der Waals surface area contributed by atoms with E-state index in [9.17, 15) is 18.0 Å². The molecule has 1 amide bonds. The van der Waals surface area contributed by atoms with Gasteiger partial charge in [0.25, 0.3) is 5.91 Å². The minimum absolute atomic E-state index is 0.178. The molecule has 0 aromatic carbocycles. The molecule has 8 heteroatoms. The summed E-state index contributed by atoms with van der Waals surface area (Å²) in [6.45, 7) is 2.16. The van der Waals surface area contributed by atoms with Crippen molar-refractivity contribution in [3.63, 3.8) is 0 Å². The van der Waals surface area contributed by atoms with Gasteiger partial charge in [0, 0.05) is 32.4 Å². The van der Waals surface area contributed by atoms with Gasteiger partial charge >= 0.3 is 6.18 Å². The van der Waals surface area contributed by atoms with Gasteiger partial charge in [0.2, 0.25) is 0 Å². The summed E-state index contributed by atoms with van der Waals surface area (Å²) in [5.74, 6) is 0.591. The lowest BCUT2D eigenvalue weighted by molar-refractivity contribution is -0.137. The van der Waals surface area contributed by atoms with Gasteiger partial charge in [0.1, 0.15) is 5.82 Å². The molecular weight excluding hydrogens is 323 g/mol. The van der Waals surface area contributed by atoms with Crippen LogP contribution in [0.15, 0.2) is 41.1 Å². The van der Waals surface area contributed by atoms with Gasteiger partial charge in [-0.1, -0.05) is 0 Å². The third-order valence-corrected chi connectivity index (χ3v) is 3.91. The van der Waals surface area contributed by atoms with Crippen LogP contribution in [0.5, 0.6) is 0 Å². The van der Waals surface area contributed by atoms with Crippen molar-refractivity contribution in [1.29, 1.82) is 0 Å². The van der Waals surface area contributed by atoms with E-state index < -0.39 is 11.7 Å². The molecule has 2 aromatic heterocycles. The Labute approximate surface area is 136 Å². The van der Waals surface area contributed by atoms with Gasteiger partial charge in [0.15, 0.2) is 5.76 Å². The Morgan fingerprint density at radius 3 is 2.58 bits per heavy atom. The van der Waals surface area contributed by atoms with E-state index >= 15 is 0 Å². The van der Waals surface area contributed by atoms with E-state index in [-0.39, 0.29) is 11.7 Å². The van der Waals surface area contributed by atoms with Crippen LogP contribution in [0.3, 0.4) is 0 Å². The zero-order valence-electron chi connectivity index (χ0n) is 12.8. The van der Waals surface area contributed by atoms with Gasteiger partial charge in [-0.2, -0.15) is 13.2 Å². The number of alkyl halides is 3. The zero-order valence-corrected chi connectivity index (χ0v) is 12.8. The van der Waals surface area contributed by atoms with Crippen LogP contribution in [-0.2, 0) is 6.18 Å². The molecule has 0 aliphatic carbocycles. The third kappa shape index (κ3) is 3.52. The number of halogens is 3. The lowest BCUT2D eigenvalue weighted by Crippen LogP contribution is -2.35. The second kappa shape index (κ2) is 6.54. The first-order chi connectivity index (χ1) is 11.4. The van der Waals surface area contributed by atoms with Crippen molar-refractivity contribution < 1.29 is 22.4 Å². The summed E-state index contributed by atoms with van der Waals surface area (Å²) in [6, 6.07) is 5.66. The molecule has 5 nitrogen and oxygen atoms in total. The number of carbonyl (C=O) groups is 1. The fourth-order valence-electron chi connectivity index (χ4n) is 2.65. The second-order valence-corrected chi connectivity index (χ2v) is 5.51. The quantitative estimate of drug-likeness (QED) is 0.844. The smallest absolute Gasteiger partial charge is 0.417 e. The fraction of sp³-hybridized carbons (Fsp3) is 0.375. The van der Waals surface area contributed by atoms with Crippen LogP contribution in [0.1, 0.15) is 22.5 Å². The molecule has 3 rings (SSSR count). The Kier molecular flexibility index (Phi) is 4.46. The zero-order chi connectivity index (χ0) is 17.2. The van der Waals surface area contributed by atoms with Gasteiger partial charge < -0.3 is 14.2 Å². The average Bonchev–Trinajstić information content (AvgIpc) is 2.98. The van der Waals surface area contributed by atoms with E-state index in [0.29, 0.717) is 38.4 Å². The summed E-state index contributed by atoms with van der Waals surface area (Å²) < 4.78 is 42.9. The van der Waals surface area contributed by atoms with E-state index in [4.69, 9.17) is 4.42 Å². The SMILES string of the molecule is O=C(c1ccco1)N1CCCN(c2ccc(C(F)(F)F)cn2)CC1. The van der Waals surface area contributed by atoms with Crippen molar-refractivity contribution in [2.24, 2.45) is 0 Å². The average molecular weight is 339 g/mol. The number of anilines is 1. The normalized spacial score (nSPS) is 16.1. The highest BCUT2D eigenvalue weighted by Gasteiger charge is 2.31. The Morgan fingerprint density at radius 2 is 1.96 bits per heavy atom. The van der Waals surface area contributed by atoms with Gasteiger partial charge in [-0.05, 0) is 30.7 Å². The van der Waals surface area contributed by atoms with Crippen molar-refractivity contribution in [2.45, 2.75) is 12.6 Å². The number of hydrogen-bond donors (Lipinski definition) is 0. The van der Waals surface area contributed by atoms with Crippen LogP contribution >= 0.6 is 0 Å². The number of rotatable bonds is 2. The molecule has 0 atom stereocenters. The Hall–Kier alpha value is -2.51. The largest absolute Gasteiger partial charge is 0.459 e. The number of pyridine rings is 1. The number of hydrogen-bond acceptors (Lipinski definition) is 4. The van der Waals surface area contributed by atoms with E-state index in [1.54, 1.807) is 17.0 Å². The lowest BCUT2D eigenvalue weighted by atomic mass is 10.2. The summed E-state index contributed by atoms with van der Waals surface area (Å²) in [7, 11) is 0. The predicted molar refractivity (Wildman–Crippen MR) is 80.7 cm³/mol. The molecule has 0 unspecified atom stereocenters. The first-order valence-corrected chi connectivity index (χ1v) is 7.56. The molecule has 1 fully saturated rings. The standard InChI is InChI=1S/C16H16F3N3O2/c17-16(18,19)12-4-5-14(20-11-12)21-6-2-7-22(9-8-21)15(23)13-3-1-10-24-13/h1,3-5,10-11H,2,6-9H2. The molecular formula is C16H16F3N3O2. The molecule has 1 aliphatic rings. The molecule has 24 heavy (non-hydrogen) atoms. The molecule has 0 spiro atoms. The van der Waals surface area contributed by atoms with Crippen molar-refractivity contribution in [3.8, 4) is 0 Å². The van der Waals surface area contributed by atoms with Crippen LogP contribution in [-0.4, -0.2) is 42.0 Å². The predicted octanol–water partition coefficient (Wildman–Crippen LogP) is 3.05. The van der Waals surface area contributed by atoms with Crippen molar-refractivity contribution in [1.82, 2.24) is 9.88 Å². The molecule has 1 saturated heterocycles. The monoisotopic (exact) mass is 339 g/mol. The number of aromatic nitrogens is 1. The van der Waals surface area contributed by atoms with Crippen LogP contribution in [0, 0.1) is 0 Å². The van der Waals surface area contributed by atoms with E-state index in [0.717, 1.165) is 12.3 Å². The Morgan fingerprint density at radius 1 is 1.12 bits per heavy atom. The molecule has 0 N–H and O–H groups in total. The highest BCUT2D eigenvalue weighted by molar-refractivity contribution is 5.91. The van der Waals surface area contributed by atoms with Crippen LogP contribution in [0.2, 0.25) is 0 Å². The maximum Gasteiger partial charge on any atom is 0.417 e. The molecule has 1 aliphatic heterocycles. The van der Waals surface area contributed by atoms with E-state index in [1.807, 2.05) is 4.90 Å². The number of amides is 1. The number of nitrogens with zero attached hydrogens (tertiary/aromatic N) is 3. The maximum absolute atomic E-state index is 12.6. The van der Waals surface area contributed by atoms with Crippen molar-refractivity contribution >= 4 is 11.7 Å². The van der Waals surface area contributed by atoms with Gasteiger partial charge in [-0.25, -0.2) is 4.98 Å². The fourth-order valence-corrected chi connectivity index (χ4v) is 2.65. The highest BCUT2D eigenvalue weighted by atomic mass is 19.4.